The number of rotatable bonds is 7. The summed E-state index contributed by atoms with van der Waals surface area (Å²) in [5, 5.41) is 22.9. The third-order valence-electron chi connectivity index (χ3n) is 5.60. The molecule has 4 N–H and O–H groups in total. The SMILES string of the molecule is O=C(CCc1cn[nH]c1)N[C@H]1CC[C@H](C(=O)NCC2=CCCCC2)C[C@@H]1O. The number of nitrogens with zero attached hydrogens (tertiary/aromatic N) is 1. The maximum atomic E-state index is 12.4. The van der Waals surface area contributed by atoms with E-state index >= 15 is 0 Å². The Labute approximate surface area is 160 Å². The highest BCUT2D eigenvalue weighted by atomic mass is 16.3. The Bertz CT molecular complexity index is 656. The topological polar surface area (TPSA) is 107 Å². The Balaban J connectivity index is 1.38. The number of aliphatic hydroxyl groups is 1. The van der Waals surface area contributed by atoms with Crippen LogP contribution in [0.15, 0.2) is 24.0 Å². The van der Waals surface area contributed by atoms with E-state index in [1.54, 1.807) is 12.4 Å². The second-order valence-electron chi connectivity index (χ2n) is 7.68. The van der Waals surface area contributed by atoms with Crippen molar-refractivity contribution in [2.45, 2.75) is 69.9 Å². The van der Waals surface area contributed by atoms with Crippen molar-refractivity contribution in [1.82, 2.24) is 20.8 Å². The van der Waals surface area contributed by atoms with E-state index in [9.17, 15) is 14.7 Å². The monoisotopic (exact) mass is 374 g/mol. The lowest BCUT2D eigenvalue weighted by atomic mass is 9.83. The summed E-state index contributed by atoms with van der Waals surface area (Å²) in [6.45, 7) is 0.625. The number of allylic oxidation sites excluding steroid dienone is 1. The predicted octanol–water partition coefficient (Wildman–Crippen LogP) is 1.60. The van der Waals surface area contributed by atoms with Crippen molar-refractivity contribution in [3.05, 3.63) is 29.6 Å². The molecule has 2 aliphatic carbocycles. The number of aromatic nitrogens is 2. The zero-order chi connectivity index (χ0) is 19.1. The van der Waals surface area contributed by atoms with Crippen LogP contribution in [-0.4, -0.2) is 45.8 Å². The van der Waals surface area contributed by atoms with Crippen LogP contribution in [0, 0.1) is 5.92 Å². The Morgan fingerprint density at radius 1 is 1.30 bits per heavy atom. The van der Waals surface area contributed by atoms with Crippen molar-refractivity contribution in [1.29, 1.82) is 0 Å². The number of amides is 2. The molecule has 1 fully saturated rings. The first kappa shape index (κ1) is 19.6. The molecule has 27 heavy (non-hydrogen) atoms. The van der Waals surface area contributed by atoms with Crippen LogP contribution < -0.4 is 10.6 Å². The van der Waals surface area contributed by atoms with Crippen LogP contribution in [-0.2, 0) is 16.0 Å². The highest BCUT2D eigenvalue weighted by Crippen LogP contribution is 2.25. The molecule has 0 unspecified atom stereocenters. The second kappa shape index (κ2) is 9.69. The van der Waals surface area contributed by atoms with E-state index in [2.05, 4.69) is 26.9 Å². The third kappa shape index (κ3) is 5.92. The van der Waals surface area contributed by atoms with Gasteiger partial charge in [0.1, 0.15) is 0 Å². The largest absolute Gasteiger partial charge is 0.391 e. The maximum absolute atomic E-state index is 12.4. The van der Waals surface area contributed by atoms with Gasteiger partial charge in [0.25, 0.3) is 0 Å². The third-order valence-corrected chi connectivity index (χ3v) is 5.60. The fraction of sp³-hybridized carbons (Fsp3) is 0.650. The van der Waals surface area contributed by atoms with Crippen LogP contribution in [0.3, 0.4) is 0 Å². The molecular weight excluding hydrogens is 344 g/mol. The summed E-state index contributed by atoms with van der Waals surface area (Å²) in [5.74, 6) is -0.235. The molecule has 0 radical (unpaired) electrons. The molecule has 0 aliphatic heterocycles. The smallest absolute Gasteiger partial charge is 0.223 e. The van der Waals surface area contributed by atoms with Crippen LogP contribution in [0.5, 0.6) is 0 Å². The summed E-state index contributed by atoms with van der Waals surface area (Å²) >= 11 is 0. The summed E-state index contributed by atoms with van der Waals surface area (Å²) in [7, 11) is 0. The summed E-state index contributed by atoms with van der Waals surface area (Å²) in [5.41, 5.74) is 2.30. The number of hydrogen-bond donors (Lipinski definition) is 4. The van der Waals surface area contributed by atoms with E-state index in [0.29, 0.717) is 38.6 Å². The Hall–Kier alpha value is -2.15. The number of H-pyrrole nitrogens is 1. The minimum absolute atomic E-state index is 0.0188. The van der Waals surface area contributed by atoms with Crippen molar-refractivity contribution >= 4 is 11.8 Å². The minimum atomic E-state index is -0.679. The van der Waals surface area contributed by atoms with E-state index in [4.69, 9.17) is 0 Å². The summed E-state index contributed by atoms with van der Waals surface area (Å²) < 4.78 is 0. The summed E-state index contributed by atoms with van der Waals surface area (Å²) in [4.78, 5) is 24.5. The van der Waals surface area contributed by atoms with Gasteiger partial charge in [-0.05, 0) is 56.9 Å². The van der Waals surface area contributed by atoms with Crippen molar-refractivity contribution in [3.63, 3.8) is 0 Å². The van der Waals surface area contributed by atoms with Gasteiger partial charge in [-0.3, -0.25) is 14.7 Å². The van der Waals surface area contributed by atoms with Gasteiger partial charge < -0.3 is 15.7 Å². The van der Waals surface area contributed by atoms with E-state index in [-0.39, 0.29) is 23.8 Å². The van der Waals surface area contributed by atoms with Gasteiger partial charge in [-0.25, -0.2) is 0 Å². The molecule has 1 saturated carbocycles. The highest BCUT2D eigenvalue weighted by Gasteiger charge is 2.33. The lowest BCUT2D eigenvalue weighted by Gasteiger charge is -2.33. The van der Waals surface area contributed by atoms with Crippen LogP contribution in [0.2, 0.25) is 0 Å². The number of carbonyl (C=O) groups is 2. The summed E-state index contributed by atoms with van der Waals surface area (Å²) in [6.07, 6.45) is 12.3. The Kier molecular flexibility index (Phi) is 7.04. The van der Waals surface area contributed by atoms with Crippen molar-refractivity contribution < 1.29 is 14.7 Å². The lowest BCUT2D eigenvalue weighted by molar-refractivity contribution is -0.128. The Morgan fingerprint density at radius 2 is 2.19 bits per heavy atom. The van der Waals surface area contributed by atoms with Gasteiger partial charge in [0, 0.05) is 25.1 Å². The normalized spacial score (nSPS) is 25.5. The number of nitrogens with one attached hydrogen (secondary N) is 3. The van der Waals surface area contributed by atoms with E-state index in [1.807, 2.05) is 0 Å². The van der Waals surface area contributed by atoms with Crippen molar-refractivity contribution in [2.24, 2.45) is 5.92 Å². The average molecular weight is 374 g/mol. The number of aryl methyl sites for hydroxylation is 1. The van der Waals surface area contributed by atoms with Gasteiger partial charge in [-0.15, -0.1) is 0 Å². The fourth-order valence-corrected chi connectivity index (χ4v) is 3.91. The van der Waals surface area contributed by atoms with Crippen molar-refractivity contribution in [2.75, 3.05) is 6.54 Å². The predicted molar refractivity (Wildman–Crippen MR) is 102 cm³/mol. The van der Waals surface area contributed by atoms with E-state index in [0.717, 1.165) is 18.4 Å². The molecule has 1 heterocycles. The molecule has 1 aromatic rings. The zero-order valence-corrected chi connectivity index (χ0v) is 15.7. The molecular formula is C20H30N4O3. The first-order valence-corrected chi connectivity index (χ1v) is 10.0. The van der Waals surface area contributed by atoms with Gasteiger partial charge in [0.2, 0.25) is 11.8 Å². The van der Waals surface area contributed by atoms with Gasteiger partial charge in [0.05, 0.1) is 18.3 Å². The molecule has 2 amide bonds. The summed E-state index contributed by atoms with van der Waals surface area (Å²) in [6, 6.07) is -0.271. The molecule has 3 atom stereocenters. The molecule has 0 bridgehead atoms. The molecule has 148 valence electrons. The van der Waals surface area contributed by atoms with Crippen LogP contribution in [0.4, 0.5) is 0 Å². The molecule has 0 aromatic carbocycles. The molecule has 0 spiro atoms. The molecule has 7 nitrogen and oxygen atoms in total. The standard InChI is InChI=1S/C20H30N4O3/c25-18-10-16(20(27)21-11-14-4-2-1-3-5-14)7-8-17(18)24-19(26)9-6-15-12-22-23-13-15/h4,12-13,16-18,25H,1-3,5-11H2,(H,21,27)(H,22,23)(H,24,26)/t16-,17-,18-/m0/s1. The molecule has 0 saturated heterocycles. The minimum Gasteiger partial charge on any atom is -0.391 e. The number of carbonyl (C=O) groups excluding carboxylic acids is 2. The molecule has 1 aromatic heterocycles. The van der Waals surface area contributed by atoms with E-state index < -0.39 is 6.10 Å². The van der Waals surface area contributed by atoms with E-state index in [1.165, 1.54) is 18.4 Å². The highest BCUT2D eigenvalue weighted by molar-refractivity contribution is 5.79. The number of aromatic amines is 1. The maximum Gasteiger partial charge on any atom is 0.223 e. The molecule has 2 aliphatic rings. The first-order chi connectivity index (χ1) is 13.1. The van der Waals surface area contributed by atoms with Gasteiger partial charge >= 0.3 is 0 Å². The van der Waals surface area contributed by atoms with Crippen LogP contribution in [0.1, 0.15) is 56.9 Å². The number of hydrogen-bond acceptors (Lipinski definition) is 4. The fourth-order valence-electron chi connectivity index (χ4n) is 3.91. The van der Waals surface area contributed by atoms with Crippen LogP contribution in [0.25, 0.3) is 0 Å². The molecule has 3 rings (SSSR count). The Morgan fingerprint density at radius 3 is 2.89 bits per heavy atom. The van der Waals surface area contributed by atoms with Gasteiger partial charge in [-0.1, -0.05) is 11.6 Å². The molecule has 7 heteroatoms. The zero-order valence-electron chi connectivity index (χ0n) is 15.7. The van der Waals surface area contributed by atoms with Gasteiger partial charge in [-0.2, -0.15) is 5.10 Å². The lowest BCUT2D eigenvalue weighted by Crippen LogP contribution is -2.49. The number of aliphatic hydroxyl groups excluding tert-OH is 1. The van der Waals surface area contributed by atoms with Crippen LogP contribution >= 0.6 is 0 Å². The van der Waals surface area contributed by atoms with Crippen molar-refractivity contribution in [3.8, 4) is 0 Å². The first-order valence-electron chi connectivity index (χ1n) is 10.0. The second-order valence-corrected chi connectivity index (χ2v) is 7.68. The average Bonchev–Trinajstić information content (AvgIpc) is 3.20. The quantitative estimate of drug-likeness (QED) is 0.544. The van der Waals surface area contributed by atoms with Gasteiger partial charge in [0.15, 0.2) is 0 Å².